The van der Waals surface area contributed by atoms with Crippen molar-refractivity contribution in [1.29, 1.82) is 0 Å². The number of nitrogens with one attached hydrogen (secondary N) is 1. The van der Waals surface area contributed by atoms with Gasteiger partial charge in [0, 0.05) is 30.3 Å². The number of aromatic amines is 1. The highest BCUT2D eigenvalue weighted by Gasteiger charge is 2.28. The fourth-order valence-corrected chi connectivity index (χ4v) is 5.38. The largest absolute Gasteiger partial charge is 0.367 e. The Balaban J connectivity index is 0.000000316. The molecule has 1 aliphatic carbocycles. The van der Waals surface area contributed by atoms with Gasteiger partial charge in [0.15, 0.2) is 0 Å². The van der Waals surface area contributed by atoms with Crippen molar-refractivity contribution in [2.75, 3.05) is 0 Å². The summed E-state index contributed by atoms with van der Waals surface area (Å²) in [5, 5.41) is 2.73. The van der Waals surface area contributed by atoms with Gasteiger partial charge in [-0.2, -0.15) is 0 Å². The van der Waals surface area contributed by atoms with Crippen LogP contribution in [0, 0.1) is 0 Å². The standard InChI is InChI=1S/C29H27N.C7H9N.C2H4/c1-21(22-8-4-3-5-9-22)25-12-13-28(27-11-7-6-10-26(25)27)29(2)17-14-23(15-18-29)24-16-19-30-20-24;8-6-7-4-2-1-3-5-7;1-2/h3-17,19-21,30H,18H2,1-2H3;1-5H,6,8H2;1-2H2. The van der Waals surface area contributed by atoms with E-state index < -0.39 is 0 Å². The van der Waals surface area contributed by atoms with Gasteiger partial charge in [-0.25, -0.2) is 0 Å². The van der Waals surface area contributed by atoms with Crippen LogP contribution in [0.15, 0.2) is 147 Å². The first-order valence-electron chi connectivity index (χ1n) is 13.9. The molecule has 0 aliphatic heterocycles. The molecule has 40 heavy (non-hydrogen) atoms. The van der Waals surface area contributed by atoms with Gasteiger partial charge in [0.1, 0.15) is 0 Å². The summed E-state index contributed by atoms with van der Waals surface area (Å²) in [5.41, 5.74) is 13.2. The van der Waals surface area contributed by atoms with E-state index in [0.717, 1.165) is 6.42 Å². The van der Waals surface area contributed by atoms with Crippen LogP contribution in [0.1, 0.15) is 54.0 Å². The number of rotatable bonds is 5. The zero-order valence-electron chi connectivity index (χ0n) is 23.7. The third kappa shape index (κ3) is 6.42. The zero-order valence-corrected chi connectivity index (χ0v) is 23.7. The van der Waals surface area contributed by atoms with Crippen LogP contribution in [-0.2, 0) is 12.0 Å². The fourth-order valence-electron chi connectivity index (χ4n) is 5.38. The molecule has 0 bridgehead atoms. The van der Waals surface area contributed by atoms with Crippen LogP contribution >= 0.6 is 0 Å². The molecule has 2 heteroatoms. The molecule has 5 aromatic rings. The molecule has 0 amide bonds. The van der Waals surface area contributed by atoms with Gasteiger partial charge in [0.25, 0.3) is 0 Å². The van der Waals surface area contributed by atoms with Gasteiger partial charge in [0.05, 0.1) is 0 Å². The minimum absolute atomic E-state index is 0.00603. The van der Waals surface area contributed by atoms with Crippen LogP contribution in [0.5, 0.6) is 0 Å². The van der Waals surface area contributed by atoms with Crippen LogP contribution in [0.2, 0.25) is 0 Å². The maximum absolute atomic E-state index is 5.35. The predicted octanol–water partition coefficient (Wildman–Crippen LogP) is 9.57. The van der Waals surface area contributed by atoms with Crippen LogP contribution in [0.3, 0.4) is 0 Å². The van der Waals surface area contributed by atoms with Crippen molar-refractivity contribution < 1.29 is 0 Å². The first-order chi connectivity index (χ1) is 19.6. The van der Waals surface area contributed by atoms with E-state index in [-0.39, 0.29) is 5.41 Å². The van der Waals surface area contributed by atoms with Crippen LogP contribution in [-0.4, -0.2) is 4.98 Å². The fraction of sp³-hybridized carbons (Fsp3) is 0.158. The summed E-state index contributed by atoms with van der Waals surface area (Å²) < 4.78 is 0. The van der Waals surface area contributed by atoms with Crippen molar-refractivity contribution in [1.82, 2.24) is 4.98 Å². The topological polar surface area (TPSA) is 41.8 Å². The Morgan fingerprint density at radius 2 is 1.48 bits per heavy atom. The quantitative estimate of drug-likeness (QED) is 0.221. The second kappa shape index (κ2) is 13.6. The second-order valence-electron chi connectivity index (χ2n) is 10.3. The summed E-state index contributed by atoms with van der Waals surface area (Å²) >= 11 is 0. The first kappa shape index (κ1) is 28.6. The van der Waals surface area contributed by atoms with Gasteiger partial charge in [-0.15, -0.1) is 13.2 Å². The van der Waals surface area contributed by atoms with E-state index >= 15 is 0 Å². The number of allylic oxidation sites excluding steroid dienone is 4. The molecule has 0 saturated carbocycles. The number of benzene rings is 4. The van der Waals surface area contributed by atoms with Crippen molar-refractivity contribution in [3.8, 4) is 0 Å². The molecule has 6 rings (SSSR count). The highest BCUT2D eigenvalue weighted by Crippen LogP contribution is 2.41. The maximum Gasteiger partial charge on any atom is 0.0178 e. The average molecular weight is 525 g/mol. The molecule has 0 radical (unpaired) electrons. The van der Waals surface area contributed by atoms with Crippen LogP contribution in [0.4, 0.5) is 0 Å². The normalized spacial score (nSPS) is 16.6. The SMILES string of the molecule is C=C.CC(c1ccccc1)c1ccc(C2(C)C=CC(c3cc[nH]c3)=CC2)c2ccccc12.NCc1ccccc1. The number of hydrogen-bond acceptors (Lipinski definition) is 1. The lowest BCUT2D eigenvalue weighted by Crippen LogP contribution is -2.21. The van der Waals surface area contributed by atoms with Gasteiger partial charge in [0.2, 0.25) is 0 Å². The van der Waals surface area contributed by atoms with E-state index in [0.29, 0.717) is 12.5 Å². The van der Waals surface area contributed by atoms with E-state index in [2.05, 4.69) is 129 Å². The van der Waals surface area contributed by atoms with Gasteiger partial charge >= 0.3 is 0 Å². The highest BCUT2D eigenvalue weighted by atomic mass is 14.6. The number of aromatic nitrogens is 1. The van der Waals surface area contributed by atoms with E-state index in [9.17, 15) is 0 Å². The Labute approximate surface area is 239 Å². The Morgan fingerprint density at radius 1 is 0.825 bits per heavy atom. The third-order valence-electron chi connectivity index (χ3n) is 7.73. The van der Waals surface area contributed by atoms with Crippen molar-refractivity contribution in [3.63, 3.8) is 0 Å². The van der Waals surface area contributed by atoms with Gasteiger partial charge < -0.3 is 10.7 Å². The van der Waals surface area contributed by atoms with Crippen LogP contribution in [0.25, 0.3) is 16.3 Å². The lowest BCUT2D eigenvalue weighted by atomic mass is 9.73. The van der Waals surface area contributed by atoms with Crippen molar-refractivity contribution in [2.24, 2.45) is 5.73 Å². The Kier molecular flexibility index (Phi) is 9.72. The average Bonchev–Trinajstić information content (AvgIpc) is 3.58. The predicted molar refractivity (Wildman–Crippen MR) is 173 cm³/mol. The second-order valence-corrected chi connectivity index (χ2v) is 10.3. The molecule has 2 atom stereocenters. The molecule has 0 spiro atoms. The third-order valence-corrected chi connectivity index (χ3v) is 7.73. The molecule has 0 fully saturated rings. The number of hydrogen-bond donors (Lipinski definition) is 2. The minimum atomic E-state index is -0.00603. The number of fused-ring (bicyclic) bond motifs is 1. The molecular weight excluding hydrogens is 484 g/mol. The molecule has 3 N–H and O–H groups in total. The van der Waals surface area contributed by atoms with E-state index in [1.54, 1.807) is 0 Å². The van der Waals surface area contributed by atoms with Gasteiger partial charge in [-0.05, 0) is 56.6 Å². The first-order valence-corrected chi connectivity index (χ1v) is 13.9. The molecule has 4 aromatic carbocycles. The molecule has 1 heterocycles. The van der Waals surface area contributed by atoms with Crippen molar-refractivity contribution >= 4 is 16.3 Å². The lowest BCUT2D eigenvalue weighted by Gasteiger charge is -2.31. The molecule has 202 valence electrons. The molecule has 2 nitrogen and oxygen atoms in total. The van der Waals surface area contributed by atoms with Crippen molar-refractivity contribution in [3.05, 3.63) is 175 Å². The molecule has 2 unspecified atom stereocenters. The van der Waals surface area contributed by atoms with Crippen LogP contribution < -0.4 is 5.73 Å². The monoisotopic (exact) mass is 524 g/mol. The van der Waals surface area contributed by atoms with E-state index in [4.69, 9.17) is 5.73 Å². The molecule has 1 aliphatic rings. The Hall–Kier alpha value is -4.40. The number of H-pyrrole nitrogens is 1. The lowest BCUT2D eigenvalue weighted by molar-refractivity contribution is 0.606. The summed E-state index contributed by atoms with van der Waals surface area (Å²) in [6.07, 6.45) is 12.1. The summed E-state index contributed by atoms with van der Waals surface area (Å²) in [6, 6.07) is 36.5. The molecular formula is C38H40N2. The summed E-state index contributed by atoms with van der Waals surface area (Å²) in [5.74, 6) is 0.361. The Bertz CT molecular complexity index is 1550. The summed E-state index contributed by atoms with van der Waals surface area (Å²) in [4.78, 5) is 3.16. The number of nitrogens with two attached hydrogens (primary N) is 1. The maximum atomic E-state index is 5.35. The molecule has 1 aromatic heterocycles. The summed E-state index contributed by atoms with van der Waals surface area (Å²) in [7, 11) is 0. The van der Waals surface area contributed by atoms with Crippen molar-refractivity contribution in [2.45, 2.75) is 38.1 Å². The minimum Gasteiger partial charge on any atom is -0.367 e. The Morgan fingerprint density at radius 3 is 2.05 bits per heavy atom. The smallest absolute Gasteiger partial charge is 0.0178 e. The molecule has 0 saturated heterocycles. The van der Waals surface area contributed by atoms with E-state index in [1.165, 1.54) is 44.2 Å². The van der Waals surface area contributed by atoms with E-state index in [1.807, 2.05) is 36.5 Å². The summed E-state index contributed by atoms with van der Waals surface area (Å²) in [6.45, 7) is 11.3. The zero-order chi connectivity index (χ0) is 28.4. The van der Waals surface area contributed by atoms with Gasteiger partial charge in [-0.1, -0.05) is 129 Å². The highest BCUT2D eigenvalue weighted by molar-refractivity contribution is 5.91. The van der Waals surface area contributed by atoms with Gasteiger partial charge in [-0.3, -0.25) is 0 Å².